The number of amides is 1. The smallest absolute Gasteiger partial charge is 0.222 e. The molecule has 0 heterocycles. The molecule has 0 aliphatic carbocycles. The fraction of sp³-hybridized carbons (Fsp3) is 0.909. The van der Waals surface area contributed by atoms with E-state index in [1.165, 1.54) is 0 Å². The number of hydrogen-bond donors (Lipinski definition) is 2. The summed E-state index contributed by atoms with van der Waals surface area (Å²) in [6, 6.07) is 0.324. The molecule has 0 spiro atoms. The fourth-order valence-corrected chi connectivity index (χ4v) is 1.16. The fourth-order valence-electron chi connectivity index (χ4n) is 1.16. The van der Waals surface area contributed by atoms with Crippen LogP contribution in [0.4, 0.5) is 0 Å². The predicted octanol–water partition coefficient (Wildman–Crippen LogP) is 0.916. The molecule has 90 valence electrons. The van der Waals surface area contributed by atoms with Gasteiger partial charge in [-0.15, -0.1) is 0 Å². The van der Waals surface area contributed by atoms with E-state index in [0.29, 0.717) is 25.6 Å². The van der Waals surface area contributed by atoms with Gasteiger partial charge in [0.1, 0.15) is 0 Å². The maximum atomic E-state index is 11.3. The lowest BCUT2D eigenvalue weighted by atomic mass is 10.3. The molecule has 0 saturated carbocycles. The summed E-state index contributed by atoms with van der Waals surface area (Å²) < 4.78 is 5.29. The molecule has 0 aromatic heterocycles. The van der Waals surface area contributed by atoms with Crippen molar-refractivity contribution in [3.63, 3.8) is 0 Å². The number of carbonyl (C=O) groups is 1. The molecular formula is C11H24N2O2. The number of nitrogens with one attached hydrogen (secondary N) is 2. The highest BCUT2D eigenvalue weighted by atomic mass is 16.5. The Balaban J connectivity index is 3.40. The van der Waals surface area contributed by atoms with Gasteiger partial charge in [0.2, 0.25) is 5.91 Å². The Hall–Kier alpha value is -0.610. The lowest BCUT2D eigenvalue weighted by molar-refractivity contribution is -0.122. The maximum Gasteiger partial charge on any atom is 0.222 e. The normalized spacial score (nSPS) is 12.9. The second-order valence-corrected chi connectivity index (χ2v) is 3.93. The van der Waals surface area contributed by atoms with Crippen molar-refractivity contribution >= 4 is 5.91 Å². The standard InChI is InChI=1S/C11H24N2O2/c1-5-12-10(4)8-13-11(14)6-7-15-9(2)3/h9-10,12H,5-8H2,1-4H3,(H,13,14)/t10-/m1/s1. The molecule has 0 rings (SSSR count). The molecule has 0 unspecified atom stereocenters. The second kappa shape index (κ2) is 8.68. The van der Waals surface area contributed by atoms with E-state index in [-0.39, 0.29) is 12.0 Å². The summed E-state index contributed by atoms with van der Waals surface area (Å²) in [6.45, 7) is 10.1. The molecule has 0 aliphatic rings. The Morgan fingerprint density at radius 1 is 1.33 bits per heavy atom. The van der Waals surface area contributed by atoms with Gasteiger partial charge in [0.15, 0.2) is 0 Å². The van der Waals surface area contributed by atoms with Gasteiger partial charge in [-0.3, -0.25) is 4.79 Å². The van der Waals surface area contributed by atoms with Crippen LogP contribution in [0.2, 0.25) is 0 Å². The molecule has 0 aromatic rings. The van der Waals surface area contributed by atoms with Crippen LogP contribution in [-0.2, 0) is 9.53 Å². The van der Waals surface area contributed by atoms with Crippen LogP contribution in [0.25, 0.3) is 0 Å². The first-order chi connectivity index (χ1) is 7.06. The third kappa shape index (κ3) is 9.69. The van der Waals surface area contributed by atoms with E-state index < -0.39 is 0 Å². The van der Waals surface area contributed by atoms with Crippen LogP contribution < -0.4 is 10.6 Å². The Morgan fingerprint density at radius 2 is 2.00 bits per heavy atom. The number of hydrogen-bond acceptors (Lipinski definition) is 3. The first kappa shape index (κ1) is 14.4. The van der Waals surface area contributed by atoms with Crippen molar-refractivity contribution in [2.45, 2.75) is 46.3 Å². The molecule has 2 N–H and O–H groups in total. The molecule has 0 radical (unpaired) electrons. The van der Waals surface area contributed by atoms with Crippen LogP contribution in [0.5, 0.6) is 0 Å². The van der Waals surface area contributed by atoms with Crippen LogP contribution in [0.3, 0.4) is 0 Å². The van der Waals surface area contributed by atoms with Crippen LogP contribution in [0.1, 0.15) is 34.1 Å². The molecular weight excluding hydrogens is 192 g/mol. The van der Waals surface area contributed by atoms with Gasteiger partial charge in [0.25, 0.3) is 0 Å². The van der Waals surface area contributed by atoms with E-state index in [1.807, 2.05) is 20.8 Å². The maximum absolute atomic E-state index is 11.3. The minimum Gasteiger partial charge on any atom is -0.378 e. The van der Waals surface area contributed by atoms with Crippen LogP contribution in [-0.4, -0.2) is 37.7 Å². The molecule has 0 aromatic carbocycles. The lowest BCUT2D eigenvalue weighted by Crippen LogP contribution is -2.39. The first-order valence-electron chi connectivity index (χ1n) is 5.68. The second-order valence-electron chi connectivity index (χ2n) is 3.93. The summed E-state index contributed by atoms with van der Waals surface area (Å²) in [5, 5.41) is 6.09. The van der Waals surface area contributed by atoms with E-state index in [0.717, 1.165) is 6.54 Å². The SMILES string of the molecule is CCN[C@H](C)CNC(=O)CCOC(C)C. The number of rotatable bonds is 8. The largest absolute Gasteiger partial charge is 0.378 e. The average molecular weight is 216 g/mol. The Labute approximate surface area is 92.8 Å². The monoisotopic (exact) mass is 216 g/mol. The van der Waals surface area contributed by atoms with E-state index >= 15 is 0 Å². The van der Waals surface area contributed by atoms with Gasteiger partial charge >= 0.3 is 0 Å². The zero-order valence-electron chi connectivity index (χ0n) is 10.3. The molecule has 1 amide bonds. The average Bonchev–Trinajstić information content (AvgIpc) is 2.14. The van der Waals surface area contributed by atoms with Gasteiger partial charge < -0.3 is 15.4 Å². The molecule has 0 bridgehead atoms. The lowest BCUT2D eigenvalue weighted by Gasteiger charge is -2.13. The third-order valence-electron chi connectivity index (χ3n) is 1.94. The minimum absolute atomic E-state index is 0.0559. The van der Waals surface area contributed by atoms with Gasteiger partial charge in [-0.2, -0.15) is 0 Å². The summed E-state index contributed by atoms with van der Waals surface area (Å²) >= 11 is 0. The highest BCUT2D eigenvalue weighted by Crippen LogP contribution is 1.90. The van der Waals surface area contributed by atoms with Crippen LogP contribution in [0, 0.1) is 0 Å². The van der Waals surface area contributed by atoms with Gasteiger partial charge in [-0.1, -0.05) is 6.92 Å². The first-order valence-corrected chi connectivity index (χ1v) is 5.68. The van der Waals surface area contributed by atoms with Crippen molar-refractivity contribution in [1.29, 1.82) is 0 Å². The van der Waals surface area contributed by atoms with Crippen molar-refractivity contribution in [2.75, 3.05) is 19.7 Å². The van der Waals surface area contributed by atoms with Crippen molar-refractivity contribution in [1.82, 2.24) is 10.6 Å². The predicted molar refractivity (Wildman–Crippen MR) is 61.9 cm³/mol. The molecule has 4 heteroatoms. The molecule has 0 aliphatic heterocycles. The Kier molecular flexibility index (Phi) is 8.33. The topological polar surface area (TPSA) is 50.4 Å². The summed E-state index contributed by atoms with van der Waals surface area (Å²) in [7, 11) is 0. The summed E-state index contributed by atoms with van der Waals surface area (Å²) in [4.78, 5) is 11.3. The molecule has 0 saturated heterocycles. The Morgan fingerprint density at radius 3 is 2.53 bits per heavy atom. The van der Waals surface area contributed by atoms with Gasteiger partial charge in [-0.25, -0.2) is 0 Å². The van der Waals surface area contributed by atoms with Crippen molar-refractivity contribution in [3.05, 3.63) is 0 Å². The minimum atomic E-state index is 0.0559. The number of likely N-dealkylation sites (N-methyl/N-ethyl adjacent to an activating group) is 1. The Bertz CT molecular complexity index is 172. The summed E-state index contributed by atoms with van der Waals surface area (Å²) in [6.07, 6.45) is 0.635. The highest BCUT2D eigenvalue weighted by molar-refractivity contribution is 5.75. The third-order valence-corrected chi connectivity index (χ3v) is 1.94. The van der Waals surface area contributed by atoms with E-state index in [2.05, 4.69) is 17.6 Å². The number of ether oxygens (including phenoxy) is 1. The van der Waals surface area contributed by atoms with Crippen molar-refractivity contribution in [3.8, 4) is 0 Å². The molecule has 15 heavy (non-hydrogen) atoms. The summed E-state index contributed by atoms with van der Waals surface area (Å²) in [5.74, 6) is 0.0559. The zero-order chi connectivity index (χ0) is 11.7. The molecule has 1 atom stereocenters. The zero-order valence-corrected chi connectivity index (χ0v) is 10.3. The molecule has 0 fully saturated rings. The van der Waals surface area contributed by atoms with Crippen LogP contribution in [0.15, 0.2) is 0 Å². The van der Waals surface area contributed by atoms with E-state index in [1.54, 1.807) is 0 Å². The van der Waals surface area contributed by atoms with Gasteiger partial charge in [0.05, 0.1) is 12.7 Å². The van der Waals surface area contributed by atoms with E-state index in [4.69, 9.17) is 4.74 Å². The van der Waals surface area contributed by atoms with Crippen LogP contribution >= 0.6 is 0 Å². The number of carbonyl (C=O) groups excluding carboxylic acids is 1. The van der Waals surface area contributed by atoms with Gasteiger partial charge in [0, 0.05) is 19.0 Å². The quantitative estimate of drug-likeness (QED) is 0.634. The summed E-state index contributed by atoms with van der Waals surface area (Å²) in [5.41, 5.74) is 0. The highest BCUT2D eigenvalue weighted by Gasteiger charge is 2.04. The van der Waals surface area contributed by atoms with E-state index in [9.17, 15) is 4.79 Å². The molecule has 4 nitrogen and oxygen atoms in total. The van der Waals surface area contributed by atoms with Crippen molar-refractivity contribution in [2.24, 2.45) is 0 Å². The van der Waals surface area contributed by atoms with Gasteiger partial charge in [-0.05, 0) is 27.3 Å². The van der Waals surface area contributed by atoms with Crippen molar-refractivity contribution < 1.29 is 9.53 Å².